The molecule has 0 spiro atoms. The Morgan fingerprint density at radius 1 is 0.923 bits per heavy atom. The lowest BCUT2D eigenvalue weighted by Gasteiger charge is -2.07. The van der Waals surface area contributed by atoms with Crippen molar-refractivity contribution in [3.8, 4) is 0 Å². The van der Waals surface area contributed by atoms with E-state index in [1.54, 1.807) is 0 Å². The Morgan fingerprint density at radius 2 is 1.31 bits per heavy atom. The molecule has 0 saturated carbocycles. The third kappa shape index (κ3) is 12.6. The van der Waals surface area contributed by atoms with Gasteiger partial charge < -0.3 is 9.47 Å². The van der Waals surface area contributed by atoms with Gasteiger partial charge in [0.25, 0.3) is 0 Å². The lowest BCUT2D eigenvalue weighted by Crippen LogP contribution is -2.10. The molecule has 13 heavy (non-hydrogen) atoms. The Bertz CT molecular complexity index is 95.8. The smallest absolute Gasteiger partial charge is 0.0579 e. The summed E-state index contributed by atoms with van der Waals surface area (Å²) in [6, 6.07) is 0. The van der Waals surface area contributed by atoms with E-state index in [0.717, 1.165) is 19.6 Å². The molecule has 0 radical (unpaired) electrons. The fraction of sp³-hybridized carbons (Fsp3) is 1.00. The van der Waals surface area contributed by atoms with Gasteiger partial charge in [0.05, 0.1) is 13.2 Å². The van der Waals surface area contributed by atoms with Crippen LogP contribution in [-0.2, 0) is 9.47 Å². The van der Waals surface area contributed by atoms with Crippen LogP contribution in [0.25, 0.3) is 0 Å². The monoisotopic (exact) mass is 224 g/mol. The molecule has 0 aliphatic carbocycles. The van der Waals surface area contributed by atoms with E-state index < -0.39 is 0 Å². The Kier molecular flexibility index (Phi) is 9.62. The zero-order chi connectivity index (χ0) is 10.1. The van der Waals surface area contributed by atoms with Crippen LogP contribution in [0.15, 0.2) is 0 Å². The van der Waals surface area contributed by atoms with Crippen LogP contribution >= 0.6 is 25.3 Å². The maximum absolute atomic E-state index is 5.33. The summed E-state index contributed by atoms with van der Waals surface area (Å²) in [4.78, 5) is 0. The number of hydrogen-bond donors (Lipinski definition) is 2. The van der Waals surface area contributed by atoms with Crippen LogP contribution < -0.4 is 0 Å². The summed E-state index contributed by atoms with van der Waals surface area (Å²) < 4.78 is 10.7. The predicted molar refractivity (Wildman–Crippen MR) is 63.2 cm³/mol. The van der Waals surface area contributed by atoms with Gasteiger partial charge in [0, 0.05) is 23.7 Å². The lowest BCUT2D eigenvalue weighted by atomic mass is 10.4. The van der Waals surface area contributed by atoms with E-state index in [1.807, 2.05) is 13.8 Å². The third-order valence-corrected chi connectivity index (χ3v) is 1.59. The first-order valence-electron chi connectivity index (χ1n) is 4.64. The van der Waals surface area contributed by atoms with Crippen molar-refractivity contribution in [2.75, 3.05) is 26.4 Å². The highest BCUT2D eigenvalue weighted by atomic mass is 32.1. The molecule has 0 aromatic rings. The predicted octanol–water partition coefficient (Wildman–Crippen LogP) is 2.05. The standard InChI is InChI=1S/C9H20O2S2/c1-8(12)6-10-4-3-5-11-7-9(2)13/h8-9,12-13H,3-7H2,1-2H3. The van der Waals surface area contributed by atoms with Gasteiger partial charge in [0.15, 0.2) is 0 Å². The second-order valence-corrected chi connectivity index (χ2v) is 4.96. The number of ether oxygens (including phenoxy) is 2. The molecule has 0 aliphatic rings. The van der Waals surface area contributed by atoms with Crippen molar-refractivity contribution in [1.82, 2.24) is 0 Å². The Hall–Kier alpha value is 0.620. The largest absolute Gasteiger partial charge is 0.380 e. The molecule has 2 unspecified atom stereocenters. The first kappa shape index (κ1) is 13.6. The van der Waals surface area contributed by atoms with Gasteiger partial charge in [-0.25, -0.2) is 0 Å². The zero-order valence-electron chi connectivity index (χ0n) is 8.40. The van der Waals surface area contributed by atoms with Gasteiger partial charge in [0.2, 0.25) is 0 Å². The van der Waals surface area contributed by atoms with Crippen molar-refractivity contribution in [3.05, 3.63) is 0 Å². The molecular weight excluding hydrogens is 204 g/mol. The molecule has 0 fully saturated rings. The van der Waals surface area contributed by atoms with Gasteiger partial charge in [-0.2, -0.15) is 25.3 Å². The first-order chi connectivity index (χ1) is 6.13. The van der Waals surface area contributed by atoms with Gasteiger partial charge in [-0.05, 0) is 6.42 Å². The SMILES string of the molecule is CC(S)COCCCOCC(C)S. The molecule has 2 atom stereocenters. The number of hydrogen-bond acceptors (Lipinski definition) is 4. The average molecular weight is 224 g/mol. The molecule has 80 valence electrons. The highest BCUT2D eigenvalue weighted by molar-refractivity contribution is 7.81. The summed E-state index contributed by atoms with van der Waals surface area (Å²) in [7, 11) is 0. The molecule has 0 bridgehead atoms. The summed E-state index contributed by atoms with van der Waals surface area (Å²) in [5, 5.41) is 0.636. The summed E-state index contributed by atoms with van der Waals surface area (Å²) in [6.45, 7) is 6.97. The average Bonchev–Trinajstić information content (AvgIpc) is 2.01. The Morgan fingerprint density at radius 3 is 1.62 bits per heavy atom. The highest BCUT2D eigenvalue weighted by Gasteiger charge is 1.96. The summed E-state index contributed by atoms with van der Waals surface area (Å²) >= 11 is 8.40. The van der Waals surface area contributed by atoms with Gasteiger partial charge >= 0.3 is 0 Å². The van der Waals surface area contributed by atoms with Crippen LogP contribution in [0.5, 0.6) is 0 Å². The topological polar surface area (TPSA) is 18.5 Å². The quantitative estimate of drug-likeness (QED) is 0.485. The van der Waals surface area contributed by atoms with Crippen LogP contribution in [0.1, 0.15) is 20.3 Å². The Labute approximate surface area is 92.2 Å². The van der Waals surface area contributed by atoms with E-state index in [0.29, 0.717) is 23.7 Å². The van der Waals surface area contributed by atoms with Crippen LogP contribution in [-0.4, -0.2) is 36.9 Å². The van der Waals surface area contributed by atoms with Gasteiger partial charge in [0.1, 0.15) is 0 Å². The van der Waals surface area contributed by atoms with Crippen LogP contribution in [0, 0.1) is 0 Å². The molecule has 0 saturated heterocycles. The fourth-order valence-electron chi connectivity index (χ4n) is 0.771. The van der Waals surface area contributed by atoms with E-state index in [1.165, 1.54) is 0 Å². The maximum Gasteiger partial charge on any atom is 0.0579 e. The van der Waals surface area contributed by atoms with Gasteiger partial charge in [-0.15, -0.1) is 0 Å². The normalized spacial score (nSPS) is 15.7. The zero-order valence-corrected chi connectivity index (χ0v) is 10.2. The molecule has 0 amide bonds. The minimum Gasteiger partial charge on any atom is -0.380 e. The molecule has 0 aliphatic heterocycles. The summed E-state index contributed by atoms with van der Waals surface area (Å²) in [5.41, 5.74) is 0. The second kappa shape index (κ2) is 9.19. The molecule has 0 aromatic carbocycles. The molecule has 4 heteroatoms. The van der Waals surface area contributed by atoms with Crippen LogP contribution in [0.3, 0.4) is 0 Å². The van der Waals surface area contributed by atoms with E-state index >= 15 is 0 Å². The van der Waals surface area contributed by atoms with Crippen LogP contribution in [0.2, 0.25) is 0 Å². The Balaban J connectivity index is 2.92. The lowest BCUT2D eigenvalue weighted by molar-refractivity contribution is 0.0861. The minimum absolute atomic E-state index is 0.318. The van der Waals surface area contributed by atoms with Crippen molar-refractivity contribution in [2.24, 2.45) is 0 Å². The van der Waals surface area contributed by atoms with Gasteiger partial charge in [-0.3, -0.25) is 0 Å². The highest BCUT2D eigenvalue weighted by Crippen LogP contribution is 1.96. The number of thiol groups is 2. The minimum atomic E-state index is 0.318. The molecule has 0 aromatic heterocycles. The molecular formula is C9H20O2S2. The third-order valence-electron chi connectivity index (χ3n) is 1.30. The van der Waals surface area contributed by atoms with Crippen LogP contribution in [0.4, 0.5) is 0 Å². The van der Waals surface area contributed by atoms with E-state index in [4.69, 9.17) is 9.47 Å². The van der Waals surface area contributed by atoms with E-state index in [2.05, 4.69) is 25.3 Å². The van der Waals surface area contributed by atoms with Gasteiger partial charge in [-0.1, -0.05) is 13.8 Å². The maximum atomic E-state index is 5.33. The van der Waals surface area contributed by atoms with E-state index in [-0.39, 0.29) is 0 Å². The molecule has 0 N–H and O–H groups in total. The van der Waals surface area contributed by atoms with Crippen molar-refractivity contribution in [2.45, 2.75) is 30.8 Å². The fourth-order valence-corrected chi connectivity index (χ4v) is 0.982. The van der Waals surface area contributed by atoms with Crippen molar-refractivity contribution in [3.63, 3.8) is 0 Å². The summed E-state index contributed by atoms with van der Waals surface area (Å²) in [5.74, 6) is 0. The molecule has 2 nitrogen and oxygen atoms in total. The van der Waals surface area contributed by atoms with E-state index in [9.17, 15) is 0 Å². The van der Waals surface area contributed by atoms with Crippen molar-refractivity contribution in [1.29, 1.82) is 0 Å². The first-order valence-corrected chi connectivity index (χ1v) is 5.68. The molecule has 0 rings (SSSR count). The molecule has 0 heterocycles. The van der Waals surface area contributed by atoms with Crippen molar-refractivity contribution >= 4 is 25.3 Å². The van der Waals surface area contributed by atoms with Crippen molar-refractivity contribution < 1.29 is 9.47 Å². The second-order valence-electron chi connectivity index (χ2n) is 3.20. The summed E-state index contributed by atoms with van der Waals surface area (Å²) in [6.07, 6.45) is 0.945. The number of rotatable bonds is 8.